The molecule has 88 valence electrons. The van der Waals surface area contributed by atoms with Crippen molar-refractivity contribution in [1.82, 2.24) is 9.88 Å². The molecule has 0 radical (unpaired) electrons. The van der Waals surface area contributed by atoms with Crippen molar-refractivity contribution in [3.8, 4) is 0 Å². The van der Waals surface area contributed by atoms with E-state index in [9.17, 15) is 0 Å². The molecule has 1 aliphatic heterocycles. The van der Waals surface area contributed by atoms with Gasteiger partial charge in [-0.2, -0.15) is 0 Å². The van der Waals surface area contributed by atoms with Crippen LogP contribution >= 0.6 is 0 Å². The molecule has 1 saturated heterocycles. The van der Waals surface area contributed by atoms with Gasteiger partial charge in [-0.3, -0.25) is 9.88 Å². The number of piperazine rings is 1. The van der Waals surface area contributed by atoms with Crippen LogP contribution in [-0.4, -0.2) is 42.6 Å². The Morgan fingerprint density at radius 3 is 2.56 bits per heavy atom. The number of hydrogen-bond acceptors (Lipinski definition) is 3. The molecular weight excluding hydrogens is 198 g/mol. The molecule has 16 heavy (non-hydrogen) atoms. The number of anilines is 1. The van der Waals surface area contributed by atoms with Gasteiger partial charge in [0, 0.05) is 32.4 Å². The summed E-state index contributed by atoms with van der Waals surface area (Å²) in [6.07, 6.45) is 5.14. The van der Waals surface area contributed by atoms with Crippen molar-refractivity contribution in [3.05, 3.63) is 24.0 Å². The highest BCUT2D eigenvalue weighted by Crippen LogP contribution is 2.16. The number of rotatable bonds is 3. The van der Waals surface area contributed by atoms with Gasteiger partial charge in [0.2, 0.25) is 0 Å². The van der Waals surface area contributed by atoms with Crippen LogP contribution in [0.4, 0.5) is 5.69 Å². The first-order chi connectivity index (χ1) is 7.79. The van der Waals surface area contributed by atoms with Gasteiger partial charge in [0.15, 0.2) is 0 Å². The second kappa shape index (κ2) is 5.30. The Kier molecular flexibility index (Phi) is 3.78. The molecule has 0 aromatic carbocycles. The lowest BCUT2D eigenvalue weighted by Crippen LogP contribution is -2.46. The van der Waals surface area contributed by atoms with Crippen molar-refractivity contribution >= 4 is 5.69 Å². The maximum absolute atomic E-state index is 4.26. The average molecular weight is 219 g/mol. The van der Waals surface area contributed by atoms with Crippen molar-refractivity contribution in [2.75, 3.05) is 37.6 Å². The summed E-state index contributed by atoms with van der Waals surface area (Å²) in [5, 5.41) is 0. The van der Waals surface area contributed by atoms with Crippen LogP contribution in [-0.2, 0) is 0 Å². The fourth-order valence-corrected chi connectivity index (χ4v) is 2.26. The van der Waals surface area contributed by atoms with Gasteiger partial charge in [0.05, 0.1) is 11.9 Å². The van der Waals surface area contributed by atoms with Gasteiger partial charge < -0.3 is 4.90 Å². The highest BCUT2D eigenvalue weighted by Gasteiger charge is 2.16. The molecular formula is C13H21N3. The first-order valence-corrected chi connectivity index (χ1v) is 6.18. The van der Waals surface area contributed by atoms with Gasteiger partial charge >= 0.3 is 0 Å². The van der Waals surface area contributed by atoms with E-state index >= 15 is 0 Å². The third-order valence-corrected chi connectivity index (χ3v) is 3.14. The van der Waals surface area contributed by atoms with E-state index in [-0.39, 0.29) is 0 Å². The molecule has 0 amide bonds. The molecule has 1 aromatic heterocycles. The SMILES string of the molecule is CCCN1CCN(c2cncc(C)c2)CC1. The van der Waals surface area contributed by atoms with Crippen molar-refractivity contribution in [2.24, 2.45) is 0 Å². The third kappa shape index (κ3) is 2.73. The Morgan fingerprint density at radius 2 is 1.94 bits per heavy atom. The molecule has 3 nitrogen and oxygen atoms in total. The highest BCUT2D eigenvalue weighted by molar-refractivity contribution is 5.46. The Bertz CT molecular complexity index is 330. The number of hydrogen-bond donors (Lipinski definition) is 0. The molecule has 2 rings (SSSR count). The maximum atomic E-state index is 4.26. The van der Waals surface area contributed by atoms with Crippen LogP contribution in [0.5, 0.6) is 0 Å². The van der Waals surface area contributed by atoms with Gasteiger partial charge in [0.1, 0.15) is 0 Å². The van der Waals surface area contributed by atoms with E-state index in [1.54, 1.807) is 0 Å². The van der Waals surface area contributed by atoms with Crippen LogP contribution in [0.25, 0.3) is 0 Å². The Hall–Kier alpha value is -1.09. The summed E-state index contributed by atoms with van der Waals surface area (Å²) in [6, 6.07) is 2.22. The average Bonchev–Trinajstić information content (AvgIpc) is 2.30. The molecule has 0 saturated carbocycles. The second-order valence-corrected chi connectivity index (χ2v) is 4.55. The van der Waals surface area contributed by atoms with Gasteiger partial charge in [-0.25, -0.2) is 0 Å². The number of nitrogens with zero attached hydrogens (tertiary/aromatic N) is 3. The predicted molar refractivity (Wildman–Crippen MR) is 67.9 cm³/mol. The fourth-order valence-electron chi connectivity index (χ4n) is 2.26. The maximum Gasteiger partial charge on any atom is 0.0556 e. The monoisotopic (exact) mass is 219 g/mol. The summed E-state index contributed by atoms with van der Waals surface area (Å²) in [5.74, 6) is 0. The van der Waals surface area contributed by atoms with E-state index in [1.807, 2.05) is 12.4 Å². The van der Waals surface area contributed by atoms with Crippen molar-refractivity contribution in [1.29, 1.82) is 0 Å². The van der Waals surface area contributed by atoms with Crippen LogP contribution in [0.15, 0.2) is 18.5 Å². The molecule has 1 aliphatic rings. The molecule has 0 aliphatic carbocycles. The first-order valence-electron chi connectivity index (χ1n) is 6.18. The molecule has 0 bridgehead atoms. The minimum atomic E-state index is 1.13. The largest absolute Gasteiger partial charge is 0.368 e. The molecule has 0 spiro atoms. The fraction of sp³-hybridized carbons (Fsp3) is 0.615. The summed E-state index contributed by atoms with van der Waals surface area (Å²) >= 11 is 0. The van der Waals surface area contributed by atoms with E-state index in [4.69, 9.17) is 0 Å². The zero-order valence-electron chi connectivity index (χ0n) is 10.3. The highest BCUT2D eigenvalue weighted by atomic mass is 15.3. The number of pyridine rings is 1. The third-order valence-electron chi connectivity index (χ3n) is 3.14. The van der Waals surface area contributed by atoms with Gasteiger partial charge in [-0.15, -0.1) is 0 Å². The van der Waals surface area contributed by atoms with E-state index < -0.39 is 0 Å². The van der Waals surface area contributed by atoms with E-state index in [1.165, 1.54) is 37.3 Å². The van der Waals surface area contributed by atoms with Crippen LogP contribution in [0.1, 0.15) is 18.9 Å². The molecule has 0 unspecified atom stereocenters. The Labute approximate surface area is 98.1 Å². The minimum absolute atomic E-state index is 1.13. The lowest BCUT2D eigenvalue weighted by atomic mass is 10.2. The summed E-state index contributed by atoms with van der Waals surface area (Å²) in [4.78, 5) is 9.24. The predicted octanol–water partition coefficient (Wildman–Crippen LogP) is 1.92. The first kappa shape index (κ1) is 11.4. The summed E-state index contributed by atoms with van der Waals surface area (Å²) < 4.78 is 0. The van der Waals surface area contributed by atoms with Crippen LogP contribution in [0.2, 0.25) is 0 Å². The normalized spacial score (nSPS) is 17.8. The molecule has 1 fully saturated rings. The van der Waals surface area contributed by atoms with E-state index in [0.717, 1.165) is 13.1 Å². The zero-order valence-corrected chi connectivity index (χ0v) is 10.3. The molecule has 0 N–H and O–H groups in total. The lowest BCUT2D eigenvalue weighted by Gasteiger charge is -2.35. The van der Waals surface area contributed by atoms with Crippen LogP contribution < -0.4 is 4.90 Å². The van der Waals surface area contributed by atoms with E-state index in [0.29, 0.717) is 0 Å². The zero-order chi connectivity index (χ0) is 11.4. The topological polar surface area (TPSA) is 19.4 Å². The van der Waals surface area contributed by atoms with Gasteiger partial charge in [-0.05, 0) is 31.5 Å². The summed E-state index contributed by atoms with van der Waals surface area (Å²) in [6.45, 7) is 10.2. The van der Waals surface area contributed by atoms with Crippen molar-refractivity contribution in [2.45, 2.75) is 20.3 Å². The minimum Gasteiger partial charge on any atom is -0.368 e. The van der Waals surface area contributed by atoms with Crippen LogP contribution in [0, 0.1) is 6.92 Å². The molecule has 0 atom stereocenters. The smallest absolute Gasteiger partial charge is 0.0556 e. The molecule has 3 heteroatoms. The standard InChI is InChI=1S/C13H21N3/c1-3-4-15-5-7-16(8-6-15)13-9-12(2)10-14-11-13/h9-11H,3-8H2,1-2H3. The quantitative estimate of drug-likeness (QED) is 0.774. The van der Waals surface area contributed by atoms with Crippen molar-refractivity contribution < 1.29 is 0 Å². The Balaban J connectivity index is 1.94. The Morgan fingerprint density at radius 1 is 1.19 bits per heavy atom. The van der Waals surface area contributed by atoms with Gasteiger partial charge in [-0.1, -0.05) is 6.92 Å². The molecule has 2 heterocycles. The summed E-state index contributed by atoms with van der Waals surface area (Å²) in [7, 11) is 0. The number of aromatic nitrogens is 1. The second-order valence-electron chi connectivity index (χ2n) is 4.55. The van der Waals surface area contributed by atoms with Gasteiger partial charge in [0.25, 0.3) is 0 Å². The summed E-state index contributed by atoms with van der Waals surface area (Å²) in [5.41, 5.74) is 2.52. The van der Waals surface area contributed by atoms with Crippen LogP contribution in [0.3, 0.4) is 0 Å². The van der Waals surface area contributed by atoms with E-state index in [2.05, 4.69) is 34.7 Å². The van der Waals surface area contributed by atoms with Crippen molar-refractivity contribution in [3.63, 3.8) is 0 Å². The number of aryl methyl sites for hydroxylation is 1. The lowest BCUT2D eigenvalue weighted by molar-refractivity contribution is 0.258. The molecule has 1 aromatic rings.